The van der Waals surface area contributed by atoms with E-state index < -0.39 is 11.9 Å². The van der Waals surface area contributed by atoms with Gasteiger partial charge in [0.2, 0.25) is 0 Å². The van der Waals surface area contributed by atoms with Crippen molar-refractivity contribution in [1.82, 2.24) is 0 Å². The van der Waals surface area contributed by atoms with E-state index in [1.807, 2.05) is 31.2 Å². The lowest BCUT2D eigenvalue weighted by atomic mass is 9.96. The molecule has 15 heavy (non-hydrogen) atoms. The highest BCUT2D eigenvalue weighted by Crippen LogP contribution is 2.29. The monoisotopic (exact) mass is 204 g/mol. The van der Waals surface area contributed by atoms with Crippen molar-refractivity contribution >= 4 is 16.9 Å². The third kappa shape index (κ3) is 1.61. The molecule has 0 fully saturated rings. The lowest BCUT2D eigenvalue weighted by molar-refractivity contribution is -0.138. The van der Waals surface area contributed by atoms with Crippen molar-refractivity contribution in [2.75, 3.05) is 0 Å². The molecule has 0 aliphatic heterocycles. The van der Waals surface area contributed by atoms with E-state index in [-0.39, 0.29) is 0 Å². The fourth-order valence-electron chi connectivity index (χ4n) is 1.80. The molecule has 0 saturated heterocycles. The van der Waals surface area contributed by atoms with Gasteiger partial charge in [0.15, 0.2) is 0 Å². The minimum Gasteiger partial charge on any atom is -0.481 e. The average molecular weight is 204 g/mol. The van der Waals surface area contributed by atoms with Crippen LogP contribution in [0.5, 0.6) is 0 Å². The first-order valence-corrected chi connectivity index (χ1v) is 4.93. The maximum Gasteiger partial charge on any atom is 0.311 e. The van der Waals surface area contributed by atoms with Crippen LogP contribution in [0.4, 0.5) is 0 Å². The van der Waals surface area contributed by atoms with Crippen molar-refractivity contribution in [2.24, 2.45) is 0 Å². The van der Waals surface area contributed by atoms with Crippen molar-refractivity contribution < 1.29 is 14.3 Å². The number of carboxylic acids is 1. The second-order valence-corrected chi connectivity index (χ2v) is 3.49. The Morgan fingerprint density at radius 3 is 2.87 bits per heavy atom. The van der Waals surface area contributed by atoms with E-state index in [4.69, 9.17) is 9.52 Å². The van der Waals surface area contributed by atoms with Crippen molar-refractivity contribution in [3.63, 3.8) is 0 Å². The smallest absolute Gasteiger partial charge is 0.311 e. The predicted molar refractivity (Wildman–Crippen MR) is 56.9 cm³/mol. The number of carbonyl (C=O) groups is 1. The summed E-state index contributed by atoms with van der Waals surface area (Å²) in [7, 11) is 0. The average Bonchev–Trinajstić information content (AvgIpc) is 2.63. The van der Waals surface area contributed by atoms with Crippen LogP contribution in [0.25, 0.3) is 11.0 Å². The predicted octanol–water partition coefficient (Wildman–Crippen LogP) is 3.01. The van der Waals surface area contributed by atoms with Crippen molar-refractivity contribution in [1.29, 1.82) is 0 Å². The molecule has 3 heteroatoms. The molecular formula is C12H12O3. The number of fused-ring (bicyclic) bond motifs is 1. The minimum absolute atomic E-state index is 0.478. The van der Waals surface area contributed by atoms with Gasteiger partial charge in [-0.3, -0.25) is 4.79 Å². The van der Waals surface area contributed by atoms with E-state index in [2.05, 4.69) is 0 Å². The quantitative estimate of drug-likeness (QED) is 0.836. The Kier molecular flexibility index (Phi) is 2.46. The van der Waals surface area contributed by atoms with Gasteiger partial charge in [-0.05, 0) is 12.5 Å². The van der Waals surface area contributed by atoms with Gasteiger partial charge in [-0.15, -0.1) is 0 Å². The Bertz CT molecular complexity index is 484. The van der Waals surface area contributed by atoms with E-state index in [1.165, 1.54) is 0 Å². The van der Waals surface area contributed by atoms with Gasteiger partial charge in [0.05, 0.1) is 12.2 Å². The molecule has 1 N–H and O–H groups in total. The lowest BCUT2D eigenvalue weighted by Gasteiger charge is -2.06. The standard InChI is InChI=1S/C12H12O3/c1-2-8(12(13)14)10-7-15-11-6-4-3-5-9(10)11/h3-8H,2H2,1H3,(H,13,14)/t8-/m1/s1. The summed E-state index contributed by atoms with van der Waals surface area (Å²) in [5, 5.41) is 9.96. The molecule has 1 heterocycles. The largest absolute Gasteiger partial charge is 0.481 e. The molecule has 0 amide bonds. The molecular weight excluding hydrogens is 192 g/mol. The van der Waals surface area contributed by atoms with E-state index in [1.54, 1.807) is 6.26 Å². The summed E-state index contributed by atoms with van der Waals surface area (Å²) < 4.78 is 5.32. The number of para-hydroxylation sites is 1. The van der Waals surface area contributed by atoms with Crippen LogP contribution in [-0.2, 0) is 4.79 Å². The molecule has 3 nitrogen and oxygen atoms in total. The van der Waals surface area contributed by atoms with Crippen LogP contribution < -0.4 is 0 Å². The minimum atomic E-state index is -0.802. The van der Waals surface area contributed by atoms with Gasteiger partial charge in [0.25, 0.3) is 0 Å². The van der Waals surface area contributed by atoms with Gasteiger partial charge >= 0.3 is 5.97 Å². The molecule has 0 aliphatic carbocycles. The summed E-state index contributed by atoms with van der Waals surface area (Å²) in [4.78, 5) is 11.0. The first-order chi connectivity index (χ1) is 7.24. The van der Waals surface area contributed by atoms with Crippen LogP contribution in [0.3, 0.4) is 0 Å². The van der Waals surface area contributed by atoms with Crippen LogP contribution in [0, 0.1) is 0 Å². The zero-order valence-corrected chi connectivity index (χ0v) is 8.43. The van der Waals surface area contributed by atoms with Crippen molar-refractivity contribution in [3.8, 4) is 0 Å². The highest BCUT2D eigenvalue weighted by atomic mass is 16.4. The molecule has 0 radical (unpaired) electrons. The van der Waals surface area contributed by atoms with Gasteiger partial charge in [0.1, 0.15) is 5.58 Å². The van der Waals surface area contributed by atoms with Crippen LogP contribution in [0.15, 0.2) is 34.9 Å². The molecule has 2 rings (SSSR count). The number of furan rings is 1. The summed E-state index contributed by atoms with van der Waals surface area (Å²) in [5.74, 6) is -1.28. The van der Waals surface area contributed by atoms with Crippen LogP contribution >= 0.6 is 0 Å². The number of aliphatic carboxylic acids is 1. The van der Waals surface area contributed by atoms with E-state index >= 15 is 0 Å². The second kappa shape index (κ2) is 3.77. The SMILES string of the molecule is CC[C@@H](C(=O)O)c1coc2ccccc12. The molecule has 0 spiro atoms. The first-order valence-electron chi connectivity index (χ1n) is 4.93. The van der Waals surface area contributed by atoms with Gasteiger partial charge in [-0.1, -0.05) is 25.1 Å². The van der Waals surface area contributed by atoms with Crippen molar-refractivity contribution in [2.45, 2.75) is 19.3 Å². The van der Waals surface area contributed by atoms with E-state index in [0.717, 1.165) is 16.5 Å². The van der Waals surface area contributed by atoms with Crippen LogP contribution in [-0.4, -0.2) is 11.1 Å². The molecule has 78 valence electrons. The number of hydrogen-bond donors (Lipinski definition) is 1. The lowest BCUT2D eigenvalue weighted by Crippen LogP contribution is -2.09. The number of benzene rings is 1. The number of rotatable bonds is 3. The Hall–Kier alpha value is -1.77. The maximum absolute atomic E-state index is 11.0. The highest BCUT2D eigenvalue weighted by Gasteiger charge is 2.21. The van der Waals surface area contributed by atoms with E-state index in [9.17, 15) is 4.79 Å². The molecule has 0 saturated carbocycles. The third-order valence-corrected chi connectivity index (χ3v) is 2.59. The Morgan fingerprint density at radius 1 is 1.47 bits per heavy atom. The van der Waals surface area contributed by atoms with Gasteiger partial charge in [-0.2, -0.15) is 0 Å². The van der Waals surface area contributed by atoms with E-state index in [0.29, 0.717) is 6.42 Å². The molecule has 1 aromatic carbocycles. The summed E-state index contributed by atoms with van der Waals surface area (Å²) in [6.07, 6.45) is 2.12. The summed E-state index contributed by atoms with van der Waals surface area (Å²) in [6, 6.07) is 7.49. The summed E-state index contributed by atoms with van der Waals surface area (Å²) in [5.41, 5.74) is 1.51. The highest BCUT2D eigenvalue weighted by molar-refractivity contribution is 5.87. The van der Waals surface area contributed by atoms with Crippen molar-refractivity contribution in [3.05, 3.63) is 36.1 Å². The zero-order valence-electron chi connectivity index (χ0n) is 8.43. The maximum atomic E-state index is 11.0. The van der Waals surface area contributed by atoms with Crippen LogP contribution in [0.2, 0.25) is 0 Å². The molecule has 0 unspecified atom stereocenters. The van der Waals surface area contributed by atoms with Gasteiger partial charge in [-0.25, -0.2) is 0 Å². The first kappa shape index (κ1) is 9.77. The summed E-state index contributed by atoms with van der Waals surface area (Å²) in [6.45, 7) is 1.86. The molecule has 0 bridgehead atoms. The number of hydrogen-bond acceptors (Lipinski definition) is 2. The molecule has 1 atom stereocenters. The molecule has 0 aliphatic rings. The number of carboxylic acid groups (broad SMARTS) is 1. The Labute approximate surface area is 87.3 Å². The Balaban J connectivity index is 2.55. The third-order valence-electron chi connectivity index (χ3n) is 2.59. The van der Waals surface area contributed by atoms with Gasteiger partial charge in [0, 0.05) is 10.9 Å². The fraction of sp³-hybridized carbons (Fsp3) is 0.250. The fourth-order valence-corrected chi connectivity index (χ4v) is 1.80. The topological polar surface area (TPSA) is 50.4 Å². The Morgan fingerprint density at radius 2 is 2.20 bits per heavy atom. The normalized spacial score (nSPS) is 12.9. The second-order valence-electron chi connectivity index (χ2n) is 3.49. The van der Waals surface area contributed by atoms with Gasteiger partial charge < -0.3 is 9.52 Å². The molecule has 1 aromatic heterocycles. The molecule has 2 aromatic rings. The zero-order chi connectivity index (χ0) is 10.8. The van der Waals surface area contributed by atoms with Crippen LogP contribution in [0.1, 0.15) is 24.8 Å². The summed E-state index contributed by atoms with van der Waals surface area (Å²) >= 11 is 0.